The Labute approximate surface area is 316 Å². The highest BCUT2D eigenvalue weighted by Gasteiger charge is 2.23. The van der Waals surface area contributed by atoms with Gasteiger partial charge in [0.2, 0.25) is 0 Å². The Bertz CT molecular complexity index is 2600. The monoisotopic (exact) mass is 702 g/mol. The van der Waals surface area contributed by atoms with Crippen molar-refractivity contribution in [1.29, 1.82) is 0 Å². The van der Waals surface area contributed by atoms with E-state index in [0.717, 1.165) is 23.5 Å². The van der Waals surface area contributed by atoms with Gasteiger partial charge in [-0.1, -0.05) is 141 Å². The molecule has 0 bridgehead atoms. The normalized spacial score (nSPS) is 11.9. The lowest BCUT2D eigenvalue weighted by Gasteiger charge is -2.28. The molecule has 0 unspecified atom stereocenters. The second kappa shape index (κ2) is 14.8. The van der Waals surface area contributed by atoms with Crippen molar-refractivity contribution in [2.45, 2.75) is 27.2 Å². The number of benzene rings is 6. The number of fused-ring (bicyclic) bond motifs is 3. The van der Waals surface area contributed by atoms with Gasteiger partial charge in [0.05, 0.1) is 21.6 Å². The van der Waals surface area contributed by atoms with Crippen LogP contribution in [0.5, 0.6) is 0 Å². The highest BCUT2D eigenvalue weighted by Crippen LogP contribution is 2.44. The topological polar surface area (TPSA) is 8.17 Å². The highest BCUT2D eigenvalue weighted by atomic mass is 32.1. The Hall–Kier alpha value is -6.16. The molecule has 0 aliphatic carbocycles. The van der Waals surface area contributed by atoms with Gasteiger partial charge in [-0.05, 0) is 102 Å². The van der Waals surface area contributed by atoms with E-state index in [1.54, 1.807) is 0 Å². The molecule has 0 N–H and O–H groups in total. The Morgan fingerprint density at radius 3 is 1.94 bits per heavy atom. The molecule has 0 saturated carbocycles. The molecular weight excluding hydrogens is 661 g/mol. The van der Waals surface area contributed by atoms with Crippen LogP contribution < -0.4 is 4.90 Å². The number of allylic oxidation sites excluding steroid dienone is 2. The summed E-state index contributed by atoms with van der Waals surface area (Å²) in [6.07, 6.45) is 9.58. The first-order valence-corrected chi connectivity index (χ1v) is 19.2. The maximum absolute atomic E-state index is 4.17. The van der Waals surface area contributed by atoms with E-state index in [1.807, 2.05) is 17.4 Å². The van der Waals surface area contributed by atoms with E-state index >= 15 is 0 Å². The summed E-state index contributed by atoms with van der Waals surface area (Å²) in [6.45, 7) is 10.7. The van der Waals surface area contributed by atoms with Crippen LogP contribution in [0.15, 0.2) is 170 Å². The van der Waals surface area contributed by atoms with Gasteiger partial charge in [0.15, 0.2) is 0 Å². The summed E-state index contributed by atoms with van der Waals surface area (Å²) < 4.78 is 2.38. The average Bonchev–Trinajstić information content (AvgIpc) is 3.73. The summed E-state index contributed by atoms with van der Waals surface area (Å²) in [6, 6.07) is 54.8. The molecule has 3 heteroatoms. The predicted octanol–water partition coefficient (Wildman–Crippen LogP) is 14.8. The molecule has 2 aromatic heterocycles. The summed E-state index contributed by atoms with van der Waals surface area (Å²) >= 11 is 1.81. The van der Waals surface area contributed by atoms with Crippen LogP contribution in [0.25, 0.3) is 67.6 Å². The van der Waals surface area contributed by atoms with E-state index in [2.05, 4.69) is 207 Å². The average molecular weight is 703 g/mol. The van der Waals surface area contributed by atoms with Crippen LogP contribution >= 0.6 is 11.3 Å². The van der Waals surface area contributed by atoms with Crippen molar-refractivity contribution in [2.75, 3.05) is 4.90 Å². The summed E-state index contributed by atoms with van der Waals surface area (Å²) in [5.41, 5.74) is 14.3. The fourth-order valence-electron chi connectivity index (χ4n) is 7.56. The van der Waals surface area contributed by atoms with Crippen LogP contribution in [0.3, 0.4) is 0 Å². The van der Waals surface area contributed by atoms with Gasteiger partial charge in [-0.25, -0.2) is 0 Å². The van der Waals surface area contributed by atoms with E-state index in [1.165, 1.54) is 70.6 Å². The van der Waals surface area contributed by atoms with Gasteiger partial charge < -0.3 is 9.47 Å². The third-order valence-corrected chi connectivity index (χ3v) is 11.3. The van der Waals surface area contributed by atoms with Crippen LogP contribution in [0.2, 0.25) is 0 Å². The molecule has 53 heavy (non-hydrogen) atoms. The Kier molecular flexibility index (Phi) is 9.50. The number of anilines is 2. The van der Waals surface area contributed by atoms with Crippen molar-refractivity contribution in [3.05, 3.63) is 191 Å². The first-order chi connectivity index (χ1) is 26.1. The molecular formula is C50H42N2S. The Morgan fingerprint density at radius 2 is 1.28 bits per heavy atom. The van der Waals surface area contributed by atoms with Crippen LogP contribution in [0.4, 0.5) is 11.4 Å². The lowest BCUT2D eigenvalue weighted by molar-refractivity contribution is 1.18. The van der Waals surface area contributed by atoms with Crippen LogP contribution in [-0.2, 0) is 0 Å². The van der Waals surface area contributed by atoms with Crippen molar-refractivity contribution in [3.63, 3.8) is 0 Å². The molecule has 0 saturated heterocycles. The van der Waals surface area contributed by atoms with Crippen molar-refractivity contribution < 1.29 is 0 Å². The Balaban J connectivity index is 1.28. The van der Waals surface area contributed by atoms with E-state index < -0.39 is 0 Å². The van der Waals surface area contributed by atoms with Gasteiger partial charge in [-0.2, -0.15) is 0 Å². The molecule has 2 heterocycles. The molecule has 0 fully saturated rings. The van der Waals surface area contributed by atoms with Gasteiger partial charge in [-0.3, -0.25) is 0 Å². The standard InChI is InChI=1S/C50H42N2S/c1-5-17-42-35(4)50(53-48(42)7-3)47(18-6-2)51(40-31-27-37(28-32-40)36-19-10-8-11-20-36)41-33-29-38(30-34-41)43-24-16-26-46-49(43)44-23-14-15-25-45(44)52(46)39-21-12-9-13-22-39/h5,7-34H,3,6H2,1-2,4H3/b17-5-,47-18+. The van der Waals surface area contributed by atoms with Crippen molar-refractivity contribution >= 4 is 62.4 Å². The third-order valence-electron chi connectivity index (χ3n) is 9.99. The zero-order valence-electron chi connectivity index (χ0n) is 30.5. The quantitative estimate of drug-likeness (QED) is 0.138. The second-order valence-electron chi connectivity index (χ2n) is 13.2. The van der Waals surface area contributed by atoms with Gasteiger partial charge in [0.25, 0.3) is 0 Å². The molecule has 0 aliphatic heterocycles. The van der Waals surface area contributed by atoms with Crippen LogP contribution in [0, 0.1) is 6.92 Å². The van der Waals surface area contributed by atoms with Crippen molar-refractivity contribution in [2.24, 2.45) is 0 Å². The molecule has 0 amide bonds. The van der Waals surface area contributed by atoms with Crippen LogP contribution in [0.1, 0.15) is 41.1 Å². The molecule has 2 nitrogen and oxygen atoms in total. The van der Waals surface area contributed by atoms with E-state index in [0.29, 0.717) is 0 Å². The largest absolute Gasteiger partial charge is 0.309 e. The maximum Gasteiger partial charge on any atom is 0.0597 e. The van der Waals surface area contributed by atoms with E-state index in [-0.39, 0.29) is 0 Å². The number of hydrogen-bond donors (Lipinski definition) is 0. The van der Waals surface area contributed by atoms with Gasteiger partial charge >= 0.3 is 0 Å². The summed E-state index contributed by atoms with van der Waals surface area (Å²) in [5.74, 6) is 0. The van der Waals surface area contributed by atoms with E-state index in [4.69, 9.17) is 0 Å². The zero-order valence-corrected chi connectivity index (χ0v) is 31.3. The summed E-state index contributed by atoms with van der Waals surface area (Å²) in [7, 11) is 0. The van der Waals surface area contributed by atoms with Gasteiger partial charge in [0, 0.05) is 32.7 Å². The van der Waals surface area contributed by atoms with Crippen molar-refractivity contribution in [3.8, 4) is 27.9 Å². The number of thiophene rings is 1. The lowest BCUT2D eigenvalue weighted by atomic mass is 9.98. The molecule has 0 spiro atoms. The SMILES string of the molecule is C=Cc1sc(/C(=C\CC)N(c2ccc(-c3ccccc3)cc2)c2ccc(-c3cccc4c3c3ccccc3n4-c3ccccc3)cc2)c(C)c1/C=C\C. The summed E-state index contributed by atoms with van der Waals surface area (Å²) in [5, 5.41) is 2.52. The first kappa shape index (κ1) is 34.0. The molecule has 8 aromatic rings. The molecule has 8 rings (SSSR count). The zero-order chi connectivity index (χ0) is 36.3. The summed E-state index contributed by atoms with van der Waals surface area (Å²) in [4.78, 5) is 4.87. The Morgan fingerprint density at radius 1 is 0.679 bits per heavy atom. The van der Waals surface area contributed by atoms with Gasteiger partial charge in [0.1, 0.15) is 0 Å². The fourth-order valence-corrected chi connectivity index (χ4v) is 8.74. The molecule has 258 valence electrons. The number of nitrogens with zero attached hydrogens (tertiary/aromatic N) is 2. The minimum absolute atomic E-state index is 0.902. The number of rotatable bonds is 10. The highest BCUT2D eigenvalue weighted by molar-refractivity contribution is 7.14. The minimum atomic E-state index is 0.902. The molecule has 0 aliphatic rings. The van der Waals surface area contributed by atoms with E-state index in [9.17, 15) is 0 Å². The number of para-hydroxylation sites is 2. The maximum atomic E-state index is 4.17. The molecule has 0 radical (unpaired) electrons. The van der Waals surface area contributed by atoms with Crippen LogP contribution in [-0.4, -0.2) is 4.57 Å². The molecule has 0 atom stereocenters. The smallest absolute Gasteiger partial charge is 0.0597 e. The van der Waals surface area contributed by atoms with Crippen molar-refractivity contribution in [1.82, 2.24) is 4.57 Å². The third kappa shape index (κ3) is 6.24. The molecule has 6 aromatic carbocycles. The van der Waals surface area contributed by atoms with Gasteiger partial charge in [-0.15, -0.1) is 11.3 Å². The fraction of sp³-hybridized carbons (Fsp3) is 0.0800. The number of hydrogen-bond acceptors (Lipinski definition) is 2. The number of aromatic nitrogens is 1. The second-order valence-corrected chi connectivity index (χ2v) is 14.3. The predicted molar refractivity (Wildman–Crippen MR) is 232 cm³/mol. The first-order valence-electron chi connectivity index (χ1n) is 18.3. The lowest BCUT2D eigenvalue weighted by Crippen LogP contribution is -2.15. The minimum Gasteiger partial charge on any atom is -0.309 e.